The number of amides is 3. The number of rotatable bonds is 9. The van der Waals surface area contributed by atoms with E-state index >= 15 is 0 Å². The number of ether oxygens (including phenoxy) is 4. The van der Waals surface area contributed by atoms with E-state index < -0.39 is 59.3 Å². The van der Waals surface area contributed by atoms with Gasteiger partial charge >= 0.3 is 11.7 Å². The van der Waals surface area contributed by atoms with Gasteiger partial charge in [-0.2, -0.15) is 0 Å². The molecule has 15 heteroatoms. The molecule has 1 fully saturated rings. The number of nitrogens with one attached hydrogen (secondary N) is 1. The molecule has 4 atom stereocenters. The van der Waals surface area contributed by atoms with E-state index in [1.54, 1.807) is 45.0 Å². The number of nitrogens with two attached hydrogens (primary N) is 2. The van der Waals surface area contributed by atoms with Crippen LogP contribution in [0.25, 0.3) is 11.0 Å². The van der Waals surface area contributed by atoms with Gasteiger partial charge in [0, 0.05) is 23.8 Å². The molecular formula is C38H43N3O12. The molecule has 282 valence electrons. The number of carbonyl (C=O) groups excluding carboxylic acids is 3. The van der Waals surface area contributed by atoms with Gasteiger partial charge in [0.1, 0.15) is 23.2 Å². The number of benzene rings is 3. The van der Waals surface area contributed by atoms with Gasteiger partial charge in [0.2, 0.25) is 12.2 Å². The fourth-order valence-electron chi connectivity index (χ4n) is 5.67. The third kappa shape index (κ3) is 9.32. The number of aliphatic hydroxyl groups excluding tert-OH is 1. The van der Waals surface area contributed by atoms with Gasteiger partial charge in [0.15, 0.2) is 23.6 Å². The lowest BCUT2D eigenvalue weighted by molar-refractivity contribution is -0.304. The fraction of sp³-hybridized carbons (Fsp3) is 0.316. The van der Waals surface area contributed by atoms with E-state index in [2.05, 4.69) is 5.32 Å². The molecule has 4 aromatic rings. The summed E-state index contributed by atoms with van der Waals surface area (Å²) in [5, 5.41) is 34.6. The van der Waals surface area contributed by atoms with Crippen molar-refractivity contribution in [2.45, 2.75) is 71.2 Å². The number of allylic oxidation sites excluding steroid dienone is 2. The second-order valence-corrected chi connectivity index (χ2v) is 12.9. The van der Waals surface area contributed by atoms with Crippen LogP contribution in [0.15, 0.2) is 81.5 Å². The molecule has 8 N–H and O–H groups in total. The van der Waals surface area contributed by atoms with Gasteiger partial charge in [-0.15, -0.1) is 0 Å². The number of anilines is 1. The molecule has 0 bridgehead atoms. The second-order valence-electron chi connectivity index (χ2n) is 12.9. The maximum absolute atomic E-state index is 13.0. The third-order valence-corrected chi connectivity index (χ3v) is 8.38. The van der Waals surface area contributed by atoms with E-state index in [0.29, 0.717) is 17.5 Å². The fourth-order valence-corrected chi connectivity index (χ4v) is 5.67. The molecular weight excluding hydrogens is 690 g/mol. The van der Waals surface area contributed by atoms with Gasteiger partial charge in [-0.3, -0.25) is 9.59 Å². The third-order valence-electron chi connectivity index (χ3n) is 8.38. The van der Waals surface area contributed by atoms with Gasteiger partial charge in [-0.05, 0) is 89.1 Å². The van der Waals surface area contributed by atoms with Crippen molar-refractivity contribution in [3.05, 3.63) is 105 Å². The zero-order valence-corrected chi connectivity index (χ0v) is 30.0. The predicted molar refractivity (Wildman–Crippen MR) is 194 cm³/mol. The van der Waals surface area contributed by atoms with Gasteiger partial charge in [-0.1, -0.05) is 29.8 Å². The predicted octanol–water partition coefficient (Wildman–Crippen LogP) is 4.41. The molecule has 0 spiro atoms. The summed E-state index contributed by atoms with van der Waals surface area (Å²) in [6.07, 6.45) is -3.81. The normalized spacial score (nSPS) is 18.9. The molecule has 0 unspecified atom stereocenters. The molecule has 15 nitrogen and oxygen atoms in total. The highest BCUT2D eigenvalue weighted by atomic mass is 16.7. The van der Waals surface area contributed by atoms with Crippen LogP contribution < -0.4 is 27.1 Å². The lowest BCUT2D eigenvalue weighted by Gasteiger charge is -2.47. The van der Waals surface area contributed by atoms with Crippen molar-refractivity contribution >= 4 is 34.6 Å². The first-order valence-corrected chi connectivity index (χ1v) is 16.4. The number of phenolic OH excluding ortho intramolecular Hbond substituents is 1. The second kappa shape index (κ2) is 16.6. The van der Waals surface area contributed by atoms with Crippen LogP contribution in [0.3, 0.4) is 0 Å². The highest BCUT2D eigenvalue weighted by Gasteiger charge is 2.53. The molecule has 0 saturated carbocycles. The number of hydrogen-bond acceptors (Lipinski definition) is 12. The maximum Gasteiger partial charge on any atom is 0.404 e. The van der Waals surface area contributed by atoms with Crippen LogP contribution in [0.1, 0.15) is 59.5 Å². The Labute approximate surface area is 304 Å². The van der Waals surface area contributed by atoms with Gasteiger partial charge in [-0.25, -0.2) is 9.59 Å². The van der Waals surface area contributed by atoms with Crippen LogP contribution in [0.4, 0.5) is 10.5 Å². The van der Waals surface area contributed by atoms with Crippen molar-refractivity contribution in [3.8, 4) is 17.2 Å². The van der Waals surface area contributed by atoms with Crippen LogP contribution in [-0.4, -0.2) is 70.5 Å². The first-order valence-electron chi connectivity index (χ1n) is 16.4. The van der Waals surface area contributed by atoms with Crippen molar-refractivity contribution in [1.29, 1.82) is 0 Å². The number of carbonyl (C=O) groups is 3. The zero-order valence-electron chi connectivity index (χ0n) is 30.0. The summed E-state index contributed by atoms with van der Waals surface area (Å²) >= 11 is 0. The van der Waals surface area contributed by atoms with Crippen molar-refractivity contribution < 1.29 is 53.1 Å². The Morgan fingerprint density at radius 1 is 1.00 bits per heavy atom. The molecule has 1 aliphatic heterocycles. The SMILES string of the molecule is CO[C@@H]1[C@@H](OC(N)=O)[C@@H](O)[C@H](Oc2ccc3c(O)c(NC(=O)c4ccc(O)c(CC=C(C)C)c4)c(=O)oc3c2C)OC1(C)C.NC(=O)c1ccccc1. The Bertz CT molecular complexity index is 2070. The molecule has 0 radical (unpaired) electrons. The van der Waals surface area contributed by atoms with Crippen LogP contribution in [0.5, 0.6) is 17.2 Å². The van der Waals surface area contributed by atoms with Crippen LogP contribution in [-0.2, 0) is 20.6 Å². The summed E-state index contributed by atoms with van der Waals surface area (Å²) in [5.74, 6) is -1.47. The Morgan fingerprint density at radius 3 is 2.26 bits per heavy atom. The van der Waals surface area contributed by atoms with E-state index in [0.717, 1.165) is 5.57 Å². The minimum atomic E-state index is -1.52. The van der Waals surface area contributed by atoms with E-state index in [-0.39, 0.29) is 39.5 Å². The summed E-state index contributed by atoms with van der Waals surface area (Å²) in [7, 11) is 1.37. The smallest absolute Gasteiger partial charge is 0.404 e. The number of primary amides is 2. The number of aryl methyl sites for hydroxylation is 1. The van der Waals surface area contributed by atoms with Crippen LogP contribution in [0, 0.1) is 6.92 Å². The van der Waals surface area contributed by atoms with Crippen LogP contribution in [0.2, 0.25) is 0 Å². The Morgan fingerprint density at radius 2 is 1.68 bits per heavy atom. The summed E-state index contributed by atoms with van der Waals surface area (Å²) in [6.45, 7) is 8.69. The van der Waals surface area contributed by atoms with Crippen molar-refractivity contribution in [2.75, 3.05) is 12.4 Å². The summed E-state index contributed by atoms with van der Waals surface area (Å²) in [5.41, 5.74) is 10.1. The van der Waals surface area contributed by atoms with E-state index in [1.807, 2.05) is 26.0 Å². The first kappa shape index (κ1) is 39.9. The monoisotopic (exact) mass is 733 g/mol. The van der Waals surface area contributed by atoms with Crippen molar-refractivity contribution in [1.82, 2.24) is 0 Å². The van der Waals surface area contributed by atoms with Gasteiger partial charge in [0.05, 0.1) is 11.0 Å². The minimum absolute atomic E-state index is 0.0183. The number of hydrogen-bond donors (Lipinski definition) is 6. The van der Waals surface area contributed by atoms with Gasteiger partial charge < -0.3 is 55.5 Å². The molecule has 53 heavy (non-hydrogen) atoms. The quantitative estimate of drug-likeness (QED) is 0.104. The van der Waals surface area contributed by atoms with Crippen molar-refractivity contribution in [2.24, 2.45) is 11.5 Å². The average Bonchev–Trinajstić information content (AvgIpc) is 3.10. The standard InChI is InChI=1S/C31H36N2O11.C7H7NO/c1-14(2)7-8-16-13-17(9-11-19(16)34)27(37)33-21-22(35)18-10-12-20(15(3)24(18)42-28(21)38)41-29-23(36)25(43-30(32)39)26(40-6)31(4,5)44-29;8-7(9)6-4-2-1-3-5-6/h7,9-13,23,25-26,29,34-36H,8H2,1-6H3,(H2,32,39)(H,33,37);1-5H,(H2,8,9)/t23-,25+,26-,29-;/m1./s1. The topological polar surface area (TPSA) is 243 Å². The Hall–Kier alpha value is -5.90. The lowest BCUT2D eigenvalue weighted by atomic mass is 9.89. The maximum atomic E-state index is 13.0. The van der Waals surface area contributed by atoms with Crippen molar-refractivity contribution in [3.63, 3.8) is 0 Å². The highest BCUT2D eigenvalue weighted by Crippen LogP contribution is 2.38. The largest absolute Gasteiger partial charge is 0.508 e. The minimum Gasteiger partial charge on any atom is -0.508 e. The summed E-state index contributed by atoms with van der Waals surface area (Å²) < 4.78 is 27.9. The summed E-state index contributed by atoms with van der Waals surface area (Å²) in [4.78, 5) is 47.9. The van der Waals surface area contributed by atoms with E-state index in [4.69, 9.17) is 34.8 Å². The van der Waals surface area contributed by atoms with E-state index in [9.17, 15) is 34.5 Å². The molecule has 1 aromatic heterocycles. The van der Waals surface area contributed by atoms with Crippen LogP contribution >= 0.6 is 0 Å². The number of aliphatic hydroxyl groups is 1. The zero-order chi connectivity index (χ0) is 39.2. The first-order chi connectivity index (χ1) is 24.9. The van der Waals surface area contributed by atoms with E-state index in [1.165, 1.54) is 37.4 Å². The molecule has 3 amide bonds. The number of phenols is 1. The molecule has 1 saturated heterocycles. The molecule has 5 rings (SSSR count). The molecule has 2 heterocycles. The number of aromatic hydroxyl groups is 2. The Kier molecular flexibility index (Phi) is 12.5. The number of fused-ring (bicyclic) bond motifs is 1. The molecule has 0 aliphatic carbocycles. The highest BCUT2D eigenvalue weighted by molar-refractivity contribution is 6.06. The Balaban J connectivity index is 0.000000608. The molecule has 1 aliphatic rings. The molecule has 3 aromatic carbocycles. The lowest BCUT2D eigenvalue weighted by Crippen LogP contribution is -2.65. The number of methoxy groups -OCH3 is 1. The van der Waals surface area contributed by atoms with Gasteiger partial charge in [0.25, 0.3) is 5.91 Å². The summed E-state index contributed by atoms with van der Waals surface area (Å²) in [6, 6.07) is 15.9. The average molecular weight is 734 g/mol.